The van der Waals surface area contributed by atoms with Gasteiger partial charge in [-0.15, -0.1) is 11.8 Å². The van der Waals surface area contributed by atoms with E-state index < -0.39 is 0 Å². The molecule has 2 aliphatic heterocycles. The highest BCUT2D eigenvalue weighted by molar-refractivity contribution is 8.03. The van der Waals surface area contributed by atoms with Crippen molar-refractivity contribution in [2.24, 2.45) is 4.99 Å². The highest BCUT2D eigenvalue weighted by Gasteiger charge is 2.26. The van der Waals surface area contributed by atoms with Crippen LogP contribution >= 0.6 is 23.4 Å². The number of halogens is 1. The molecule has 0 amide bonds. The van der Waals surface area contributed by atoms with Crippen LogP contribution in [0, 0.1) is 0 Å². The first-order valence-electron chi connectivity index (χ1n) is 6.12. The normalized spacial score (nSPS) is 23.7. The van der Waals surface area contributed by atoms with E-state index in [1.54, 1.807) is 17.8 Å². The van der Waals surface area contributed by atoms with Crippen LogP contribution in [0.5, 0.6) is 0 Å². The number of rotatable bonds is 3. The van der Waals surface area contributed by atoms with Gasteiger partial charge in [-0.1, -0.05) is 36.4 Å². The van der Waals surface area contributed by atoms with E-state index in [1.807, 2.05) is 37.1 Å². The minimum Gasteiger partial charge on any atom is -0.340 e. The Labute approximate surface area is 123 Å². The molecule has 0 aromatic carbocycles. The lowest BCUT2D eigenvalue weighted by Crippen LogP contribution is -2.33. The number of nitrogens with zero attached hydrogens (tertiary/aromatic N) is 2. The Kier molecular flexibility index (Phi) is 4.72. The van der Waals surface area contributed by atoms with E-state index in [9.17, 15) is 0 Å². The lowest BCUT2D eigenvalue weighted by atomic mass is 10.1. The minimum atomic E-state index is -0.339. The van der Waals surface area contributed by atoms with Gasteiger partial charge in [0.25, 0.3) is 0 Å². The van der Waals surface area contributed by atoms with E-state index in [4.69, 9.17) is 11.6 Å². The predicted octanol–water partition coefficient (Wildman–Crippen LogP) is 4.10. The summed E-state index contributed by atoms with van der Waals surface area (Å²) in [5.41, 5.74) is 3.06. The summed E-state index contributed by atoms with van der Waals surface area (Å²) in [6.45, 7) is 5.69. The molecular weight excluding hydrogens is 276 g/mol. The summed E-state index contributed by atoms with van der Waals surface area (Å²) >= 11 is 8.08. The summed E-state index contributed by atoms with van der Waals surface area (Å²) in [6.07, 6.45) is 12.0. The van der Waals surface area contributed by atoms with Crippen molar-refractivity contribution in [3.05, 3.63) is 59.2 Å². The number of allylic oxidation sites excluding steroid dienone is 6. The van der Waals surface area contributed by atoms with Crippen LogP contribution in [-0.4, -0.2) is 29.0 Å². The molecule has 2 rings (SSSR count). The monoisotopic (exact) mass is 292 g/mol. The summed E-state index contributed by atoms with van der Waals surface area (Å²) in [5.74, 6) is 0.916. The van der Waals surface area contributed by atoms with Crippen LogP contribution in [0.15, 0.2) is 64.2 Å². The molecule has 0 saturated carbocycles. The third-order valence-electron chi connectivity index (χ3n) is 2.95. The lowest BCUT2D eigenvalue weighted by Gasteiger charge is -2.33. The molecule has 0 saturated heterocycles. The predicted molar refractivity (Wildman–Crippen MR) is 86.6 cm³/mol. The minimum absolute atomic E-state index is 0.339. The molecule has 0 N–H and O–H groups in total. The van der Waals surface area contributed by atoms with Gasteiger partial charge in [0.1, 0.15) is 0 Å². The molecule has 4 heteroatoms. The van der Waals surface area contributed by atoms with Gasteiger partial charge >= 0.3 is 0 Å². The first-order chi connectivity index (χ1) is 9.17. The number of aliphatic imine (C=N–C) groups is 1. The molecule has 100 valence electrons. The zero-order valence-electron chi connectivity index (χ0n) is 11.1. The topological polar surface area (TPSA) is 15.6 Å². The summed E-state index contributed by atoms with van der Waals surface area (Å²) < 4.78 is 0. The third kappa shape index (κ3) is 3.04. The van der Waals surface area contributed by atoms with Crippen molar-refractivity contribution in [3.8, 4) is 0 Å². The maximum absolute atomic E-state index is 6.27. The highest BCUT2D eigenvalue weighted by atomic mass is 35.5. The molecular formula is C15H17ClN2S. The van der Waals surface area contributed by atoms with Crippen molar-refractivity contribution in [1.29, 1.82) is 0 Å². The van der Waals surface area contributed by atoms with Crippen molar-refractivity contribution in [1.82, 2.24) is 4.90 Å². The first-order valence-corrected chi connectivity index (χ1v) is 7.54. The van der Waals surface area contributed by atoms with Crippen molar-refractivity contribution < 1.29 is 0 Å². The maximum atomic E-state index is 6.27. The second-order valence-electron chi connectivity index (χ2n) is 4.23. The van der Waals surface area contributed by atoms with Crippen LogP contribution in [0.4, 0.5) is 0 Å². The van der Waals surface area contributed by atoms with Gasteiger partial charge in [-0.05, 0) is 25.2 Å². The van der Waals surface area contributed by atoms with Gasteiger partial charge in [0.15, 0.2) is 5.62 Å². The smallest absolute Gasteiger partial charge is 0.198 e. The summed E-state index contributed by atoms with van der Waals surface area (Å²) in [4.78, 5) is 7.74. The third-order valence-corrected chi connectivity index (χ3v) is 4.36. The Morgan fingerprint density at radius 3 is 3.00 bits per heavy atom. The SMILES string of the molecule is C=C/C=C\C1=CC2=C(CS1)C(/C=C\C)=NC(Cl)N2C. The van der Waals surface area contributed by atoms with Crippen LogP contribution in [0.3, 0.4) is 0 Å². The fourth-order valence-corrected chi connectivity index (χ4v) is 3.15. The number of alkyl halides is 1. The van der Waals surface area contributed by atoms with E-state index in [0.717, 1.165) is 17.2 Å². The van der Waals surface area contributed by atoms with Crippen LogP contribution in [0.25, 0.3) is 0 Å². The number of thioether (sulfide) groups is 1. The summed E-state index contributed by atoms with van der Waals surface area (Å²) in [7, 11) is 1.98. The fraction of sp³-hybridized carbons (Fsp3) is 0.267. The van der Waals surface area contributed by atoms with Crippen LogP contribution in [0.2, 0.25) is 0 Å². The molecule has 2 nitrogen and oxygen atoms in total. The van der Waals surface area contributed by atoms with Crippen LogP contribution in [-0.2, 0) is 0 Å². The molecule has 1 atom stereocenters. The number of likely N-dealkylation sites (N-methyl/N-ethyl adjacent to an activating group) is 1. The molecule has 0 bridgehead atoms. The molecule has 0 fully saturated rings. The van der Waals surface area contributed by atoms with Crippen molar-refractivity contribution >= 4 is 29.1 Å². The molecule has 0 spiro atoms. The zero-order valence-corrected chi connectivity index (χ0v) is 12.7. The van der Waals surface area contributed by atoms with Gasteiger partial charge < -0.3 is 4.90 Å². The zero-order chi connectivity index (χ0) is 13.8. The van der Waals surface area contributed by atoms with Crippen LogP contribution < -0.4 is 0 Å². The van der Waals surface area contributed by atoms with Gasteiger partial charge in [0.05, 0.1) is 5.71 Å². The average Bonchev–Trinajstić information content (AvgIpc) is 2.42. The average molecular weight is 293 g/mol. The standard InChI is InChI=1S/C15H17ClN2S/c1-4-6-8-11-9-14-12(10-19-11)13(7-5-2)17-15(16)18(14)3/h4-9,15H,1,10H2,2-3H3/b7-5-,8-6-. The van der Waals surface area contributed by atoms with Crippen molar-refractivity contribution in [2.45, 2.75) is 12.5 Å². The lowest BCUT2D eigenvalue weighted by molar-refractivity contribution is 0.398. The maximum Gasteiger partial charge on any atom is 0.198 e. The van der Waals surface area contributed by atoms with Gasteiger partial charge in [-0.3, -0.25) is 0 Å². The molecule has 19 heavy (non-hydrogen) atoms. The van der Waals surface area contributed by atoms with Crippen molar-refractivity contribution in [3.63, 3.8) is 0 Å². The summed E-state index contributed by atoms with van der Waals surface area (Å²) in [5, 5.41) is 0. The highest BCUT2D eigenvalue weighted by Crippen LogP contribution is 2.35. The van der Waals surface area contributed by atoms with Gasteiger partial charge in [-0.25, -0.2) is 4.99 Å². The largest absolute Gasteiger partial charge is 0.340 e. The molecule has 0 aromatic heterocycles. The van der Waals surface area contributed by atoms with E-state index in [-0.39, 0.29) is 5.62 Å². The van der Waals surface area contributed by atoms with E-state index in [1.165, 1.54) is 10.5 Å². The molecule has 2 aliphatic rings. The van der Waals surface area contributed by atoms with E-state index in [0.29, 0.717) is 0 Å². The van der Waals surface area contributed by atoms with E-state index in [2.05, 4.69) is 23.7 Å². The molecule has 0 aliphatic carbocycles. The Bertz CT molecular complexity index is 526. The summed E-state index contributed by atoms with van der Waals surface area (Å²) in [6, 6.07) is 0. The Balaban J connectivity index is 2.41. The molecule has 1 unspecified atom stereocenters. The Hall–Kier alpha value is -1.19. The molecule has 0 aromatic rings. The fourth-order valence-electron chi connectivity index (χ4n) is 1.97. The van der Waals surface area contributed by atoms with Gasteiger partial charge in [0, 0.05) is 29.0 Å². The Morgan fingerprint density at radius 2 is 2.32 bits per heavy atom. The molecule has 2 heterocycles. The first kappa shape index (κ1) is 14.2. The second kappa shape index (κ2) is 6.31. The Morgan fingerprint density at radius 1 is 1.53 bits per heavy atom. The van der Waals surface area contributed by atoms with Crippen molar-refractivity contribution in [2.75, 3.05) is 12.8 Å². The van der Waals surface area contributed by atoms with Crippen LogP contribution in [0.1, 0.15) is 6.92 Å². The number of hydrogen-bond acceptors (Lipinski definition) is 3. The second-order valence-corrected chi connectivity index (χ2v) is 5.67. The quantitative estimate of drug-likeness (QED) is 0.442. The van der Waals surface area contributed by atoms with Gasteiger partial charge in [0.2, 0.25) is 0 Å². The molecule has 0 radical (unpaired) electrons. The van der Waals surface area contributed by atoms with E-state index >= 15 is 0 Å². The number of hydrogen-bond donors (Lipinski definition) is 0. The van der Waals surface area contributed by atoms with Gasteiger partial charge in [-0.2, -0.15) is 0 Å².